The molecule has 2 rings (SSSR count). The molecule has 0 bridgehead atoms. The molecule has 2 N–H and O–H groups in total. The van der Waals surface area contributed by atoms with Gasteiger partial charge in [0.05, 0.1) is 6.54 Å². The molecule has 1 saturated carbocycles. The highest BCUT2D eigenvalue weighted by Crippen LogP contribution is 2.27. The van der Waals surface area contributed by atoms with Gasteiger partial charge in [0.1, 0.15) is 0 Å². The van der Waals surface area contributed by atoms with Gasteiger partial charge in [0.25, 0.3) is 0 Å². The number of rotatable bonds is 6. The van der Waals surface area contributed by atoms with E-state index >= 15 is 0 Å². The second kappa shape index (κ2) is 6.50. The van der Waals surface area contributed by atoms with E-state index in [1.165, 1.54) is 37.2 Å². The molecule has 2 fully saturated rings. The highest BCUT2D eigenvalue weighted by molar-refractivity contribution is 7.99. The van der Waals surface area contributed by atoms with Crippen LogP contribution in [-0.2, 0) is 4.79 Å². The number of amides is 1. The van der Waals surface area contributed by atoms with Gasteiger partial charge in [0, 0.05) is 6.54 Å². The van der Waals surface area contributed by atoms with Crippen LogP contribution in [0.4, 0.5) is 0 Å². The average molecular weight is 242 g/mol. The third kappa shape index (κ3) is 4.74. The normalized spacial score (nSPS) is 22.0. The van der Waals surface area contributed by atoms with Crippen LogP contribution in [0.25, 0.3) is 0 Å². The van der Waals surface area contributed by atoms with Crippen molar-refractivity contribution in [2.45, 2.75) is 25.7 Å². The Bertz CT molecular complexity index is 225. The Morgan fingerprint density at radius 3 is 2.44 bits per heavy atom. The SMILES string of the molecule is O=C(CNCC1CCSCC1)NCC1CC1. The molecule has 1 aliphatic carbocycles. The standard InChI is InChI=1S/C12H22N2OS/c15-12(14-8-10-1-2-10)9-13-7-11-3-5-16-6-4-11/h10-11,13H,1-9H2,(H,14,15). The smallest absolute Gasteiger partial charge is 0.233 e. The molecule has 1 aliphatic heterocycles. The molecule has 92 valence electrons. The molecule has 0 aromatic carbocycles. The lowest BCUT2D eigenvalue weighted by atomic mass is 10.0. The van der Waals surface area contributed by atoms with Crippen LogP contribution in [0.5, 0.6) is 0 Å². The van der Waals surface area contributed by atoms with Crippen molar-refractivity contribution in [3.63, 3.8) is 0 Å². The van der Waals surface area contributed by atoms with Gasteiger partial charge in [-0.3, -0.25) is 4.79 Å². The third-order valence-corrected chi connectivity index (χ3v) is 4.39. The summed E-state index contributed by atoms with van der Waals surface area (Å²) in [5.41, 5.74) is 0. The Balaban J connectivity index is 1.47. The molecule has 0 atom stereocenters. The molecule has 16 heavy (non-hydrogen) atoms. The number of thioether (sulfide) groups is 1. The fourth-order valence-corrected chi connectivity index (χ4v) is 3.19. The number of hydrogen-bond donors (Lipinski definition) is 2. The number of carbonyl (C=O) groups is 1. The first-order chi connectivity index (χ1) is 7.84. The maximum absolute atomic E-state index is 11.4. The molecule has 1 amide bonds. The fraction of sp³-hybridized carbons (Fsp3) is 0.917. The first-order valence-electron chi connectivity index (χ1n) is 6.40. The van der Waals surface area contributed by atoms with Gasteiger partial charge in [0.2, 0.25) is 5.91 Å². The van der Waals surface area contributed by atoms with Crippen molar-refractivity contribution in [2.75, 3.05) is 31.1 Å². The quantitative estimate of drug-likeness (QED) is 0.736. The van der Waals surface area contributed by atoms with E-state index in [1.807, 2.05) is 11.8 Å². The Morgan fingerprint density at radius 2 is 1.75 bits per heavy atom. The second-order valence-electron chi connectivity index (χ2n) is 4.93. The van der Waals surface area contributed by atoms with Gasteiger partial charge in [-0.25, -0.2) is 0 Å². The predicted molar refractivity (Wildman–Crippen MR) is 68.7 cm³/mol. The van der Waals surface area contributed by atoms with E-state index in [1.54, 1.807) is 0 Å². The minimum atomic E-state index is 0.164. The van der Waals surface area contributed by atoms with Crippen molar-refractivity contribution in [1.29, 1.82) is 0 Å². The Labute approximate surface area is 102 Å². The average Bonchev–Trinajstić information content (AvgIpc) is 3.12. The fourth-order valence-electron chi connectivity index (χ4n) is 1.98. The molecule has 3 nitrogen and oxygen atoms in total. The molecule has 4 heteroatoms. The molecular weight excluding hydrogens is 220 g/mol. The van der Waals surface area contributed by atoms with E-state index in [-0.39, 0.29) is 5.91 Å². The molecule has 0 aromatic rings. The lowest BCUT2D eigenvalue weighted by Gasteiger charge is -2.21. The first kappa shape index (κ1) is 12.2. The third-order valence-electron chi connectivity index (χ3n) is 3.34. The topological polar surface area (TPSA) is 41.1 Å². The Kier molecular flexibility index (Phi) is 4.97. The van der Waals surface area contributed by atoms with Gasteiger partial charge in [0.15, 0.2) is 0 Å². The lowest BCUT2D eigenvalue weighted by molar-refractivity contribution is -0.120. The molecule has 0 unspecified atom stereocenters. The summed E-state index contributed by atoms with van der Waals surface area (Å²) in [5, 5.41) is 6.25. The number of nitrogens with one attached hydrogen (secondary N) is 2. The summed E-state index contributed by atoms with van der Waals surface area (Å²) in [6, 6.07) is 0. The molecule has 0 spiro atoms. The minimum Gasteiger partial charge on any atom is -0.355 e. The van der Waals surface area contributed by atoms with E-state index in [4.69, 9.17) is 0 Å². The van der Waals surface area contributed by atoms with Gasteiger partial charge in [-0.15, -0.1) is 0 Å². The van der Waals surface area contributed by atoms with Crippen LogP contribution in [-0.4, -0.2) is 37.0 Å². The summed E-state index contributed by atoms with van der Waals surface area (Å²) in [6.45, 7) is 2.40. The lowest BCUT2D eigenvalue weighted by Crippen LogP contribution is -2.37. The summed E-state index contributed by atoms with van der Waals surface area (Å²) in [7, 11) is 0. The maximum atomic E-state index is 11.4. The van der Waals surface area contributed by atoms with Crippen LogP contribution in [0.15, 0.2) is 0 Å². The summed E-state index contributed by atoms with van der Waals surface area (Å²) >= 11 is 2.05. The highest BCUT2D eigenvalue weighted by atomic mass is 32.2. The van der Waals surface area contributed by atoms with Crippen LogP contribution in [0.3, 0.4) is 0 Å². The van der Waals surface area contributed by atoms with E-state index < -0.39 is 0 Å². The molecule has 2 aliphatic rings. The summed E-state index contributed by atoms with van der Waals surface area (Å²) in [6.07, 6.45) is 5.21. The van der Waals surface area contributed by atoms with Crippen LogP contribution in [0.2, 0.25) is 0 Å². The highest BCUT2D eigenvalue weighted by Gasteiger charge is 2.21. The van der Waals surface area contributed by atoms with Crippen molar-refractivity contribution in [2.24, 2.45) is 11.8 Å². The van der Waals surface area contributed by atoms with Crippen molar-refractivity contribution in [3.8, 4) is 0 Å². The molecule has 0 aromatic heterocycles. The van der Waals surface area contributed by atoms with Gasteiger partial charge >= 0.3 is 0 Å². The van der Waals surface area contributed by atoms with Crippen LogP contribution < -0.4 is 10.6 Å². The summed E-state index contributed by atoms with van der Waals surface area (Å²) in [5.74, 6) is 4.31. The van der Waals surface area contributed by atoms with Gasteiger partial charge in [-0.2, -0.15) is 11.8 Å². The molecule has 0 radical (unpaired) electrons. The number of hydrogen-bond acceptors (Lipinski definition) is 3. The maximum Gasteiger partial charge on any atom is 0.233 e. The van der Waals surface area contributed by atoms with Crippen molar-refractivity contribution < 1.29 is 4.79 Å². The van der Waals surface area contributed by atoms with Gasteiger partial charge < -0.3 is 10.6 Å². The summed E-state index contributed by atoms with van der Waals surface area (Å²) < 4.78 is 0. The van der Waals surface area contributed by atoms with Crippen molar-refractivity contribution in [1.82, 2.24) is 10.6 Å². The van der Waals surface area contributed by atoms with E-state index in [9.17, 15) is 4.79 Å². The van der Waals surface area contributed by atoms with Crippen LogP contribution in [0, 0.1) is 11.8 Å². The minimum absolute atomic E-state index is 0.164. The molecule has 1 saturated heterocycles. The molecule has 1 heterocycles. The summed E-state index contributed by atoms with van der Waals surface area (Å²) in [4.78, 5) is 11.4. The zero-order valence-corrected chi connectivity index (χ0v) is 10.7. The van der Waals surface area contributed by atoms with E-state index in [0.29, 0.717) is 6.54 Å². The number of carbonyl (C=O) groups excluding carboxylic acids is 1. The zero-order valence-electron chi connectivity index (χ0n) is 9.84. The molecular formula is C12H22N2OS. The van der Waals surface area contributed by atoms with Crippen LogP contribution in [0.1, 0.15) is 25.7 Å². The van der Waals surface area contributed by atoms with Crippen LogP contribution >= 0.6 is 11.8 Å². The Morgan fingerprint density at radius 1 is 1.06 bits per heavy atom. The van der Waals surface area contributed by atoms with E-state index in [2.05, 4.69) is 10.6 Å². The largest absolute Gasteiger partial charge is 0.355 e. The first-order valence-corrected chi connectivity index (χ1v) is 7.55. The zero-order chi connectivity index (χ0) is 11.2. The van der Waals surface area contributed by atoms with Crippen molar-refractivity contribution >= 4 is 17.7 Å². The Hall–Kier alpha value is -0.220. The van der Waals surface area contributed by atoms with Gasteiger partial charge in [-0.05, 0) is 55.6 Å². The van der Waals surface area contributed by atoms with E-state index in [0.717, 1.165) is 24.9 Å². The second-order valence-corrected chi connectivity index (χ2v) is 6.16. The monoisotopic (exact) mass is 242 g/mol. The van der Waals surface area contributed by atoms with Crippen molar-refractivity contribution in [3.05, 3.63) is 0 Å². The predicted octanol–water partition coefficient (Wildman–Crippen LogP) is 1.25. The van der Waals surface area contributed by atoms with Gasteiger partial charge in [-0.1, -0.05) is 0 Å².